The molecule has 1 aliphatic carbocycles. The molecule has 1 aromatic carbocycles. The van der Waals surface area contributed by atoms with Gasteiger partial charge in [0.05, 0.1) is 6.10 Å². The summed E-state index contributed by atoms with van der Waals surface area (Å²) in [6.45, 7) is -2.83. The Hall–Kier alpha value is -1.16. The average molecular weight is 242 g/mol. The molecule has 1 unspecified atom stereocenters. The average Bonchev–Trinajstić information content (AvgIpc) is 3.09. The Morgan fingerprint density at radius 1 is 1.35 bits per heavy atom. The fraction of sp³-hybridized carbons (Fsp3) is 0.538. The molecule has 1 aliphatic rings. The number of halogens is 2. The van der Waals surface area contributed by atoms with Crippen molar-refractivity contribution in [3.8, 4) is 5.75 Å². The first-order valence-electron chi connectivity index (χ1n) is 5.88. The highest BCUT2D eigenvalue weighted by atomic mass is 19.3. The fourth-order valence-electron chi connectivity index (χ4n) is 1.86. The van der Waals surface area contributed by atoms with Crippen LogP contribution in [-0.4, -0.2) is 11.7 Å². The highest BCUT2D eigenvalue weighted by molar-refractivity contribution is 5.29. The maximum absolute atomic E-state index is 12.0. The molecular weight excluding hydrogens is 226 g/mol. The predicted octanol–water partition coefficient (Wildman–Crippen LogP) is 3.51. The number of ether oxygens (including phenoxy) is 1. The van der Waals surface area contributed by atoms with E-state index in [0.29, 0.717) is 12.0 Å². The number of alkyl halides is 2. The first-order chi connectivity index (χ1) is 8.15. The van der Waals surface area contributed by atoms with Gasteiger partial charge in [-0.25, -0.2) is 0 Å². The molecular formula is C13H16F2O2. The van der Waals surface area contributed by atoms with E-state index in [-0.39, 0.29) is 5.75 Å². The minimum atomic E-state index is -2.83. The summed E-state index contributed by atoms with van der Waals surface area (Å²) in [7, 11) is 0. The molecule has 2 nitrogen and oxygen atoms in total. The number of aliphatic hydroxyl groups is 1. The molecule has 0 radical (unpaired) electrons. The quantitative estimate of drug-likeness (QED) is 0.827. The largest absolute Gasteiger partial charge is 0.435 e. The van der Waals surface area contributed by atoms with Crippen LogP contribution in [0.5, 0.6) is 5.75 Å². The van der Waals surface area contributed by atoms with Crippen LogP contribution in [-0.2, 0) is 0 Å². The molecule has 0 bridgehead atoms. The number of hydrogen-bond donors (Lipinski definition) is 1. The highest BCUT2D eigenvalue weighted by Gasteiger charge is 2.22. The van der Waals surface area contributed by atoms with Crippen LogP contribution in [0, 0.1) is 5.92 Å². The van der Waals surface area contributed by atoms with Crippen LogP contribution in [0.2, 0.25) is 0 Å². The van der Waals surface area contributed by atoms with Gasteiger partial charge in [-0.05, 0) is 36.5 Å². The Balaban J connectivity index is 1.93. The zero-order valence-electron chi connectivity index (χ0n) is 9.48. The smallest absolute Gasteiger partial charge is 0.387 e. The third kappa shape index (κ3) is 3.97. The third-order valence-electron chi connectivity index (χ3n) is 3.01. The molecule has 1 N–H and O–H groups in total. The molecule has 1 saturated carbocycles. The summed E-state index contributed by atoms with van der Waals surface area (Å²) in [5.74, 6) is 0.855. The minimum absolute atomic E-state index is 0.1000. The number of benzene rings is 1. The first kappa shape index (κ1) is 12.3. The van der Waals surface area contributed by atoms with Gasteiger partial charge in [0, 0.05) is 0 Å². The van der Waals surface area contributed by atoms with Crippen molar-refractivity contribution >= 4 is 0 Å². The fourth-order valence-corrected chi connectivity index (χ4v) is 1.86. The summed E-state index contributed by atoms with van der Waals surface area (Å²) in [5.41, 5.74) is 0.642. The van der Waals surface area contributed by atoms with Crippen molar-refractivity contribution < 1.29 is 18.6 Å². The van der Waals surface area contributed by atoms with E-state index < -0.39 is 12.7 Å². The van der Waals surface area contributed by atoms with Gasteiger partial charge in [0.2, 0.25) is 0 Å². The van der Waals surface area contributed by atoms with E-state index in [2.05, 4.69) is 4.74 Å². The van der Waals surface area contributed by atoms with Crippen molar-refractivity contribution in [2.75, 3.05) is 0 Å². The van der Waals surface area contributed by atoms with Gasteiger partial charge in [-0.3, -0.25) is 0 Å². The number of hydrogen-bond acceptors (Lipinski definition) is 2. The lowest BCUT2D eigenvalue weighted by molar-refractivity contribution is -0.0499. The summed E-state index contributed by atoms with van der Waals surface area (Å²) in [5, 5.41) is 9.91. The van der Waals surface area contributed by atoms with Crippen molar-refractivity contribution in [3.05, 3.63) is 29.8 Å². The molecule has 0 heterocycles. The molecule has 0 aromatic heterocycles. The lowest BCUT2D eigenvalue weighted by Gasteiger charge is -2.12. The van der Waals surface area contributed by atoms with Crippen LogP contribution < -0.4 is 4.74 Å². The van der Waals surface area contributed by atoms with Crippen molar-refractivity contribution in [1.29, 1.82) is 0 Å². The summed E-state index contributed by atoms with van der Waals surface area (Å²) < 4.78 is 28.4. The van der Waals surface area contributed by atoms with E-state index in [1.54, 1.807) is 12.1 Å². The van der Waals surface area contributed by atoms with Gasteiger partial charge in [0.25, 0.3) is 0 Å². The molecule has 0 amide bonds. The summed E-state index contributed by atoms with van der Waals surface area (Å²) >= 11 is 0. The summed E-state index contributed by atoms with van der Waals surface area (Å²) in [6.07, 6.45) is 3.60. The SMILES string of the molecule is OC(CCC1CC1)c1cccc(OC(F)F)c1. The normalized spacial score (nSPS) is 17.2. The second-order valence-corrected chi connectivity index (χ2v) is 4.49. The van der Waals surface area contributed by atoms with Gasteiger partial charge in [0.1, 0.15) is 5.75 Å². The third-order valence-corrected chi connectivity index (χ3v) is 3.01. The maximum Gasteiger partial charge on any atom is 0.387 e. The van der Waals surface area contributed by atoms with Crippen LogP contribution in [0.4, 0.5) is 8.78 Å². The molecule has 1 fully saturated rings. The second-order valence-electron chi connectivity index (χ2n) is 4.49. The van der Waals surface area contributed by atoms with Crippen molar-refractivity contribution in [3.63, 3.8) is 0 Å². The van der Waals surface area contributed by atoms with Crippen molar-refractivity contribution in [2.45, 2.75) is 38.4 Å². The molecule has 4 heteroatoms. The molecule has 0 saturated heterocycles. The molecule has 0 spiro atoms. The lowest BCUT2D eigenvalue weighted by atomic mass is 10.0. The predicted molar refractivity (Wildman–Crippen MR) is 60.0 cm³/mol. The van der Waals surface area contributed by atoms with Crippen LogP contribution in [0.25, 0.3) is 0 Å². The molecule has 1 aromatic rings. The summed E-state index contributed by atoms with van der Waals surface area (Å²) in [6, 6.07) is 6.29. The Morgan fingerprint density at radius 2 is 2.12 bits per heavy atom. The van der Waals surface area contributed by atoms with Gasteiger partial charge in [0.15, 0.2) is 0 Å². The van der Waals surface area contributed by atoms with Gasteiger partial charge in [-0.2, -0.15) is 8.78 Å². The van der Waals surface area contributed by atoms with Crippen molar-refractivity contribution in [2.24, 2.45) is 5.92 Å². The van der Waals surface area contributed by atoms with Gasteiger partial charge < -0.3 is 9.84 Å². The van der Waals surface area contributed by atoms with Crippen LogP contribution in [0.15, 0.2) is 24.3 Å². The van der Waals surface area contributed by atoms with Gasteiger partial charge >= 0.3 is 6.61 Å². The van der Waals surface area contributed by atoms with E-state index in [4.69, 9.17) is 0 Å². The maximum atomic E-state index is 12.0. The Morgan fingerprint density at radius 3 is 2.76 bits per heavy atom. The monoisotopic (exact) mass is 242 g/mol. The Labute approximate surface area is 99.2 Å². The molecule has 0 aliphatic heterocycles. The van der Waals surface area contributed by atoms with Crippen LogP contribution in [0.1, 0.15) is 37.4 Å². The van der Waals surface area contributed by atoms with Gasteiger partial charge in [-0.1, -0.05) is 25.0 Å². The highest BCUT2D eigenvalue weighted by Crippen LogP contribution is 2.36. The van der Waals surface area contributed by atoms with Crippen molar-refractivity contribution in [1.82, 2.24) is 0 Å². The van der Waals surface area contributed by atoms with E-state index in [1.165, 1.54) is 25.0 Å². The zero-order valence-corrected chi connectivity index (χ0v) is 9.48. The topological polar surface area (TPSA) is 29.5 Å². The van der Waals surface area contributed by atoms with E-state index in [1.807, 2.05) is 0 Å². The molecule has 2 rings (SSSR count). The minimum Gasteiger partial charge on any atom is -0.435 e. The Bertz CT molecular complexity index is 364. The summed E-state index contributed by atoms with van der Waals surface area (Å²) in [4.78, 5) is 0. The lowest BCUT2D eigenvalue weighted by Crippen LogP contribution is -2.03. The second kappa shape index (κ2) is 5.45. The molecule has 1 atom stereocenters. The standard InChI is InChI=1S/C13H16F2O2/c14-13(15)17-11-3-1-2-10(8-11)12(16)7-6-9-4-5-9/h1-3,8-9,12-13,16H,4-7H2. The van der Waals surface area contributed by atoms with E-state index >= 15 is 0 Å². The van der Waals surface area contributed by atoms with Crippen LogP contribution >= 0.6 is 0 Å². The zero-order chi connectivity index (χ0) is 12.3. The molecule has 17 heavy (non-hydrogen) atoms. The van der Waals surface area contributed by atoms with E-state index in [0.717, 1.165) is 12.3 Å². The first-order valence-corrected chi connectivity index (χ1v) is 5.88. The van der Waals surface area contributed by atoms with Gasteiger partial charge in [-0.15, -0.1) is 0 Å². The van der Waals surface area contributed by atoms with E-state index in [9.17, 15) is 13.9 Å². The number of aliphatic hydroxyl groups excluding tert-OH is 1. The van der Waals surface area contributed by atoms with Crippen LogP contribution in [0.3, 0.4) is 0 Å². The Kier molecular flexibility index (Phi) is 3.94. The number of rotatable bonds is 6. The molecule has 94 valence electrons.